The molecule has 1 amide bonds. The highest BCUT2D eigenvalue weighted by Gasteiger charge is 2.21. The molecule has 0 aliphatic heterocycles. The fourth-order valence-electron chi connectivity index (χ4n) is 2.87. The maximum Gasteiger partial charge on any atom is 0.435 e. The number of methoxy groups -OCH3 is 1. The third-order valence-electron chi connectivity index (χ3n) is 4.31. The molecule has 1 N–H and O–H groups in total. The SMILES string of the molecule is COC(=O)C(=Cc1ccc2c(cnn2C(=O)OC(C)(C)C)c1)NC(=O)OC(=O)c1ccccc1. The highest BCUT2D eigenvalue weighted by atomic mass is 16.6. The van der Waals surface area contributed by atoms with Crippen LogP contribution in [0.15, 0.2) is 60.4 Å². The first-order valence-electron chi connectivity index (χ1n) is 10.2. The Morgan fingerprint density at radius 2 is 1.74 bits per heavy atom. The Balaban J connectivity index is 1.81. The second kappa shape index (κ2) is 9.99. The number of rotatable bonds is 4. The predicted octanol–water partition coefficient (Wildman–Crippen LogP) is 3.90. The number of aromatic nitrogens is 2. The van der Waals surface area contributed by atoms with Gasteiger partial charge in [-0.05, 0) is 56.7 Å². The van der Waals surface area contributed by atoms with E-state index in [4.69, 9.17) is 14.2 Å². The van der Waals surface area contributed by atoms with Gasteiger partial charge in [0.15, 0.2) is 0 Å². The van der Waals surface area contributed by atoms with E-state index in [0.29, 0.717) is 16.5 Å². The molecule has 1 aromatic heterocycles. The van der Waals surface area contributed by atoms with Crippen molar-refractivity contribution < 1.29 is 33.4 Å². The Morgan fingerprint density at radius 1 is 1.03 bits per heavy atom. The van der Waals surface area contributed by atoms with Gasteiger partial charge in [-0.15, -0.1) is 0 Å². The minimum absolute atomic E-state index is 0.175. The van der Waals surface area contributed by atoms with Gasteiger partial charge in [0.05, 0.1) is 24.4 Å². The van der Waals surface area contributed by atoms with Crippen molar-refractivity contribution in [2.45, 2.75) is 26.4 Å². The molecule has 34 heavy (non-hydrogen) atoms. The molecular weight excluding hydrogens is 442 g/mol. The van der Waals surface area contributed by atoms with Gasteiger partial charge in [0.2, 0.25) is 0 Å². The van der Waals surface area contributed by atoms with Crippen LogP contribution in [0.5, 0.6) is 0 Å². The van der Waals surface area contributed by atoms with E-state index in [1.807, 2.05) is 0 Å². The molecular formula is C24H23N3O7. The van der Waals surface area contributed by atoms with E-state index in [2.05, 4.69) is 10.4 Å². The molecule has 0 radical (unpaired) electrons. The summed E-state index contributed by atoms with van der Waals surface area (Å²) in [5.74, 6) is -1.73. The van der Waals surface area contributed by atoms with Crippen LogP contribution in [0.3, 0.4) is 0 Å². The molecule has 0 spiro atoms. The Bertz CT molecular complexity index is 1270. The third-order valence-corrected chi connectivity index (χ3v) is 4.31. The quantitative estimate of drug-likeness (QED) is 0.266. The molecule has 3 rings (SSSR count). The van der Waals surface area contributed by atoms with E-state index in [1.165, 1.54) is 24.4 Å². The van der Waals surface area contributed by atoms with Gasteiger partial charge < -0.3 is 14.2 Å². The van der Waals surface area contributed by atoms with Gasteiger partial charge in [-0.2, -0.15) is 9.78 Å². The first-order valence-corrected chi connectivity index (χ1v) is 10.2. The zero-order valence-corrected chi connectivity index (χ0v) is 19.0. The summed E-state index contributed by atoms with van der Waals surface area (Å²) in [7, 11) is 1.15. The number of nitrogens with one attached hydrogen (secondary N) is 1. The van der Waals surface area contributed by atoms with Crippen LogP contribution in [0.4, 0.5) is 9.59 Å². The third kappa shape index (κ3) is 6.06. The van der Waals surface area contributed by atoms with Crippen molar-refractivity contribution in [1.82, 2.24) is 15.1 Å². The van der Waals surface area contributed by atoms with Crippen LogP contribution in [0.25, 0.3) is 17.0 Å². The maximum absolute atomic E-state index is 12.4. The van der Waals surface area contributed by atoms with Crippen molar-refractivity contribution in [2.75, 3.05) is 7.11 Å². The number of hydrogen-bond donors (Lipinski definition) is 1. The van der Waals surface area contributed by atoms with E-state index in [1.54, 1.807) is 57.2 Å². The minimum atomic E-state index is -1.15. The van der Waals surface area contributed by atoms with Crippen LogP contribution < -0.4 is 5.32 Å². The number of benzene rings is 2. The molecule has 0 bridgehead atoms. The second-order valence-electron chi connectivity index (χ2n) is 8.07. The first kappa shape index (κ1) is 24.2. The molecule has 0 atom stereocenters. The van der Waals surface area contributed by atoms with Gasteiger partial charge in [0.25, 0.3) is 0 Å². The average Bonchev–Trinajstić information content (AvgIpc) is 3.21. The lowest BCUT2D eigenvalue weighted by Gasteiger charge is -2.19. The molecule has 10 heteroatoms. The maximum atomic E-state index is 12.4. The first-order chi connectivity index (χ1) is 16.1. The van der Waals surface area contributed by atoms with E-state index in [9.17, 15) is 19.2 Å². The zero-order chi connectivity index (χ0) is 24.9. The summed E-state index contributed by atoms with van der Waals surface area (Å²) in [4.78, 5) is 48.8. The molecule has 0 unspecified atom stereocenters. The van der Waals surface area contributed by atoms with Gasteiger partial charge in [-0.3, -0.25) is 5.32 Å². The Hall–Kier alpha value is -4.47. The fraction of sp³-hybridized carbons (Fsp3) is 0.208. The standard InChI is InChI=1S/C24H23N3O7/c1-24(2,3)34-23(31)27-19-11-10-15(12-17(19)14-25-27)13-18(21(29)32-4)26-22(30)33-20(28)16-8-6-5-7-9-16/h5-14H,1-4H3,(H,26,30). The molecule has 0 aliphatic carbocycles. The lowest BCUT2D eigenvalue weighted by molar-refractivity contribution is -0.136. The van der Waals surface area contributed by atoms with Gasteiger partial charge in [-0.25, -0.2) is 19.2 Å². The van der Waals surface area contributed by atoms with E-state index < -0.39 is 29.7 Å². The number of fused-ring (bicyclic) bond motifs is 1. The molecule has 1 heterocycles. The number of nitrogens with zero attached hydrogens (tertiary/aromatic N) is 2. The molecule has 176 valence electrons. The Morgan fingerprint density at radius 3 is 2.38 bits per heavy atom. The number of ether oxygens (including phenoxy) is 3. The predicted molar refractivity (Wildman–Crippen MR) is 122 cm³/mol. The van der Waals surface area contributed by atoms with Crippen molar-refractivity contribution >= 4 is 41.1 Å². The van der Waals surface area contributed by atoms with Crippen LogP contribution in [-0.2, 0) is 19.0 Å². The van der Waals surface area contributed by atoms with Gasteiger partial charge >= 0.3 is 24.1 Å². The summed E-state index contributed by atoms with van der Waals surface area (Å²) >= 11 is 0. The normalized spacial score (nSPS) is 11.6. The lowest BCUT2D eigenvalue weighted by atomic mass is 10.1. The highest BCUT2D eigenvalue weighted by Crippen LogP contribution is 2.19. The molecule has 0 aliphatic rings. The number of carbonyl (C=O) groups is 4. The summed E-state index contributed by atoms with van der Waals surface area (Å²) in [5.41, 5.74) is 0.217. The number of hydrogen-bond acceptors (Lipinski definition) is 8. The molecule has 10 nitrogen and oxygen atoms in total. The average molecular weight is 465 g/mol. The van der Waals surface area contributed by atoms with Crippen LogP contribution in [0, 0.1) is 0 Å². The molecule has 0 saturated carbocycles. The smallest absolute Gasteiger partial charge is 0.435 e. The van der Waals surface area contributed by atoms with Crippen LogP contribution in [-0.4, -0.2) is 46.6 Å². The van der Waals surface area contributed by atoms with Gasteiger partial charge in [0, 0.05) is 5.39 Å². The summed E-state index contributed by atoms with van der Waals surface area (Å²) in [6, 6.07) is 12.8. The van der Waals surface area contributed by atoms with Crippen molar-refractivity contribution in [1.29, 1.82) is 0 Å². The molecule has 3 aromatic rings. The highest BCUT2D eigenvalue weighted by molar-refractivity contribution is 6.01. The summed E-state index contributed by atoms with van der Waals surface area (Å²) in [6.07, 6.45) is 1.02. The monoisotopic (exact) mass is 465 g/mol. The number of esters is 2. The van der Waals surface area contributed by atoms with Crippen molar-refractivity contribution in [3.05, 3.63) is 71.6 Å². The Labute approximate surface area is 195 Å². The van der Waals surface area contributed by atoms with Crippen molar-refractivity contribution in [3.63, 3.8) is 0 Å². The lowest BCUT2D eigenvalue weighted by Crippen LogP contribution is -2.30. The van der Waals surface area contributed by atoms with Crippen LogP contribution in [0.1, 0.15) is 36.7 Å². The van der Waals surface area contributed by atoms with E-state index >= 15 is 0 Å². The summed E-state index contributed by atoms with van der Waals surface area (Å²) in [5, 5.41) is 6.88. The van der Waals surface area contributed by atoms with E-state index in [-0.39, 0.29) is 11.3 Å². The molecule has 0 saturated heterocycles. The second-order valence-corrected chi connectivity index (χ2v) is 8.07. The van der Waals surface area contributed by atoms with Crippen LogP contribution in [0.2, 0.25) is 0 Å². The molecule has 2 aromatic carbocycles. The fourth-order valence-corrected chi connectivity index (χ4v) is 2.87. The summed E-state index contributed by atoms with van der Waals surface area (Å²) < 4.78 is 15.9. The largest absolute Gasteiger partial charge is 0.464 e. The molecule has 0 fully saturated rings. The topological polar surface area (TPSA) is 126 Å². The van der Waals surface area contributed by atoms with E-state index in [0.717, 1.165) is 11.8 Å². The van der Waals surface area contributed by atoms with Crippen molar-refractivity contribution in [2.24, 2.45) is 0 Å². The number of amides is 1. The van der Waals surface area contributed by atoms with Gasteiger partial charge in [0.1, 0.15) is 11.3 Å². The Kier molecular flexibility index (Phi) is 7.10. The zero-order valence-electron chi connectivity index (χ0n) is 19.0. The number of alkyl carbamates (subject to hydrolysis) is 1. The van der Waals surface area contributed by atoms with Gasteiger partial charge in [-0.1, -0.05) is 24.3 Å². The van der Waals surface area contributed by atoms with Crippen LogP contribution >= 0.6 is 0 Å². The number of carbonyl (C=O) groups excluding carboxylic acids is 4. The minimum Gasteiger partial charge on any atom is -0.464 e. The summed E-state index contributed by atoms with van der Waals surface area (Å²) in [6.45, 7) is 5.25. The van der Waals surface area contributed by atoms with Crippen molar-refractivity contribution in [3.8, 4) is 0 Å².